The van der Waals surface area contributed by atoms with Gasteiger partial charge in [0.15, 0.2) is 0 Å². The van der Waals surface area contributed by atoms with E-state index in [-0.39, 0.29) is 5.25 Å². The van der Waals surface area contributed by atoms with Gasteiger partial charge in [-0.25, -0.2) is 0 Å². The average molecular weight is 306 g/mol. The van der Waals surface area contributed by atoms with E-state index in [4.69, 9.17) is 0 Å². The van der Waals surface area contributed by atoms with Crippen molar-refractivity contribution in [2.45, 2.75) is 37.1 Å². The molecule has 1 heterocycles. The molecule has 3 nitrogen and oxygen atoms in total. The van der Waals surface area contributed by atoms with E-state index in [0.717, 1.165) is 25.6 Å². The minimum Gasteiger partial charge on any atom is -0.311 e. The van der Waals surface area contributed by atoms with Gasteiger partial charge >= 0.3 is 0 Å². The third-order valence-corrected chi connectivity index (χ3v) is 6.16. The Kier molecular flexibility index (Phi) is 4.77. The van der Waals surface area contributed by atoms with Gasteiger partial charge in [0, 0.05) is 54.0 Å². The van der Waals surface area contributed by atoms with Gasteiger partial charge in [0.2, 0.25) is 0 Å². The highest BCUT2D eigenvalue weighted by Crippen LogP contribution is 2.36. The first-order valence-corrected chi connectivity index (χ1v) is 9.62. The van der Waals surface area contributed by atoms with E-state index in [0.29, 0.717) is 12.1 Å². The van der Waals surface area contributed by atoms with Crippen molar-refractivity contribution in [3.05, 3.63) is 35.9 Å². The normalized spacial score (nSPS) is 30.0. The minimum absolute atomic E-state index is 0.231. The lowest BCUT2D eigenvalue weighted by atomic mass is 9.99. The van der Waals surface area contributed by atoms with Crippen LogP contribution in [-0.4, -0.2) is 46.3 Å². The highest BCUT2D eigenvalue weighted by molar-refractivity contribution is 7.84. The summed E-state index contributed by atoms with van der Waals surface area (Å²) in [5.41, 5.74) is 1.37. The van der Waals surface area contributed by atoms with Crippen LogP contribution in [-0.2, 0) is 10.8 Å². The third kappa shape index (κ3) is 3.74. The lowest BCUT2D eigenvalue weighted by Gasteiger charge is -2.42. The fourth-order valence-corrected chi connectivity index (χ4v) is 3.69. The summed E-state index contributed by atoms with van der Waals surface area (Å²) in [5, 5.41) is 3.98. The van der Waals surface area contributed by atoms with Crippen molar-refractivity contribution in [3.8, 4) is 0 Å². The number of hydrogen-bond donors (Lipinski definition) is 1. The van der Waals surface area contributed by atoms with Gasteiger partial charge in [-0.15, -0.1) is 0 Å². The quantitative estimate of drug-likeness (QED) is 0.905. The SMILES string of the molecule is CC(CN1CC(C2CC2)NCC1c1ccccc1)S(C)=O. The van der Waals surface area contributed by atoms with E-state index >= 15 is 0 Å². The molecule has 4 heteroatoms. The lowest BCUT2D eigenvalue weighted by Crippen LogP contribution is -2.54. The fourth-order valence-electron chi connectivity index (χ4n) is 3.29. The lowest BCUT2D eigenvalue weighted by molar-refractivity contribution is 0.124. The van der Waals surface area contributed by atoms with Crippen molar-refractivity contribution in [1.82, 2.24) is 10.2 Å². The van der Waals surface area contributed by atoms with Gasteiger partial charge in [-0.05, 0) is 31.2 Å². The summed E-state index contributed by atoms with van der Waals surface area (Å²) in [7, 11) is -0.752. The molecule has 1 aromatic carbocycles. The zero-order valence-corrected chi connectivity index (χ0v) is 13.8. The molecule has 1 saturated carbocycles. The molecule has 1 aromatic rings. The van der Waals surface area contributed by atoms with Crippen molar-refractivity contribution in [2.75, 3.05) is 25.9 Å². The Hall–Kier alpha value is -0.710. The number of hydrogen-bond acceptors (Lipinski definition) is 3. The highest BCUT2D eigenvalue weighted by Gasteiger charge is 2.38. The van der Waals surface area contributed by atoms with Gasteiger partial charge in [0.1, 0.15) is 0 Å². The van der Waals surface area contributed by atoms with Crippen molar-refractivity contribution in [1.29, 1.82) is 0 Å². The maximum absolute atomic E-state index is 11.8. The largest absolute Gasteiger partial charge is 0.311 e. The Balaban J connectivity index is 1.74. The van der Waals surface area contributed by atoms with Gasteiger partial charge in [0.05, 0.1) is 0 Å². The molecule has 1 aliphatic heterocycles. The molecule has 0 spiro atoms. The van der Waals surface area contributed by atoms with Crippen LogP contribution in [0, 0.1) is 5.92 Å². The second-order valence-corrected chi connectivity index (χ2v) is 8.34. The summed E-state index contributed by atoms with van der Waals surface area (Å²) >= 11 is 0. The molecule has 116 valence electrons. The first-order chi connectivity index (χ1) is 10.1. The molecule has 0 aromatic heterocycles. The van der Waals surface area contributed by atoms with Crippen LogP contribution in [0.3, 0.4) is 0 Å². The Bertz CT molecular complexity index is 489. The van der Waals surface area contributed by atoms with E-state index in [9.17, 15) is 4.21 Å². The topological polar surface area (TPSA) is 32.3 Å². The van der Waals surface area contributed by atoms with Gasteiger partial charge in [-0.1, -0.05) is 30.3 Å². The molecular formula is C17H26N2OS. The molecule has 2 fully saturated rings. The van der Waals surface area contributed by atoms with Gasteiger partial charge in [-0.3, -0.25) is 9.11 Å². The summed E-state index contributed by atoms with van der Waals surface area (Å²) in [6, 6.07) is 11.8. The van der Waals surface area contributed by atoms with Gasteiger partial charge in [-0.2, -0.15) is 0 Å². The average Bonchev–Trinajstić information content (AvgIpc) is 3.32. The summed E-state index contributed by atoms with van der Waals surface area (Å²) in [6.07, 6.45) is 4.57. The van der Waals surface area contributed by atoms with Crippen LogP contribution < -0.4 is 5.32 Å². The maximum atomic E-state index is 11.8. The van der Waals surface area contributed by atoms with Crippen LogP contribution in [0.2, 0.25) is 0 Å². The Morgan fingerprint density at radius 2 is 2.05 bits per heavy atom. The number of nitrogens with one attached hydrogen (secondary N) is 1. The van der Waals surface area contributed by atoms with Crippen LogP contribution in [0.15, 0.2) is 30.3 Å². The second-order valence-electron chi connectivity index (χ2n) is 6.54. The summed E-state index contributed by atoms with van der Waals surface area (Å²) < 4.78 is 11.8. The first-order valence-electron chi connectivity index (χ1n) is 7.99. The van der Waals surface area contributed by atoms with E-state index in [1.165, 1.54) is 18.4 Å². The van der Waals surface area contributed by atoms with Crippen LogP contribution >= 0.6 is 0 Å². The van der Waals surface area contributed by atoms with Gasteiger partial charge in [0.25, 0.3) is 0 Å². The van der Waals surface area contributed by atoms with E-state index in [1.807, 2.05) is 6.26 Å². The summed E-state index contributed by atoms with van der Waals surface area (Å²) in [4.78, 5) is 2.56. The number of benzene rings is 1. The molecule has 4 atom stereocenters. The molecule has 1 N–H and O–H groups in total. The number of nitrogens with zero attached hydrogens (tertiary/aromatic N) is 1. The molecule has 21 heavy (non-hydrogen) atoms. The van der Waals surface area contributed by atoms with E-state index < -0.39 is 10.8 Å². The second kappa shape index (κ2) is 6.59. The van der Waals surface area contributed by atoms with Crippen molar-refractivity contribution in [2.24, 2.45) is 5.92 Å². The standard InChI is InChI=1S/C17H26N2OS/c1-13(21(2)20)11-19-12-16(14-8-9-14)18-10-17(19)15-6-4-3-5-7-15/h3-7,13-14,16-18H,8-12H2,1-2H3. The van der Waals surface area contributed by atoms with E-state index in [1.54, 1.807) is 0 Å². The molecule has 2 aliphatic rings. The van der Waals surface area contributed by atoms with Crippen LogP contribution in [0.25, 0.3) is 0 Å². The van der Waals surface area contributed by atoms with Gasteiger partial charge < -0.3 is 5.32 Å². The monoisotopic (exact) mass is 306 g/mol. The Morgan fingerprint density at radius 1 is 1.33 bits per heavy atom. The summed E-state index contributed by atoms with van der Waals surface area (Å²) in [6.45, 7) is 5.12. The maximum Gasteiger partial charge on any atom is 0.0473 e. The van der Waals surface area contributed by atoms with E-state index in [2.05, 4.69) is 47.5 Å². The molecule has 0 amide bonds. The Morgan fingerprint density at radius 3 is 2.67 bits per heavy atom. The molecule has 0 bridgehead atoms. The van der Waals surface area contributed by atoms with Crippen LogP contribution in [0.4, 0.5) is 0 Å². The number of rotatable bonds is 5. The van der Waals surface area contributed by atoms with Crippen molar-refractivity contribution in [3.63, 3.8) is 0 Å². The molecule has 3 rings (SSSR count). The molecule has 4 unspecified atom stereocenters. The first kappa shape index (κ1) is 15.2. The molecule has 1 saturated heterocycles. The minimum atomic E-state index is -0.752. The zero-order chi connectivity index (χ0) is 14.8. The van der Waals surface area contributed by atoms with Crippen LogP contribution in [0.5, 0.6) is 0 Å². The third-order valence-electron chi connectivity index (χ3n) is 4.88. The summed E-state index contributed by atoms with van der Waals surface area (Å²) in [5.74, 6) is 0.867. The zero-order valence-electron chi connectivity index (χ0n) is 13.0. The predicted molar refractivity (Wildman–Crippen MR) is 88.8 cm³/mol. The van der Waals surface area contributed by atoms with Crippen molar-refractivity contribution < 1.29 is 4.21 Å². The predicted octanol–water partition coefficient (Wildman–Crippen LogP) is 2.18. The number of piperazine rings is 1. The van der Waals surface area contributed by atoms with Crippen LogP contribution in [0.1, 0.15) is 31.4 Å². The fraction of sp³-hybridized carbons (Fsp3) is 0.647. The molecule has 1 aliphatic carbocycles. The smallest absolute Gasteiger partial charge is 0.0473 e. The molecular weight excluding hydrogens is 280 g/mol. The highest BCUT2D eigenvalue weighted by atomic mass is 32.2. The van der Waals surface area contributed by atoms with Crippen molar-refractivity contribution >= 4 is 10.8 Å². The molecule has 0 radical (unpaired) electrons. The Labute approximate surface area is 130 Å².